The molecule has 1 amide bonds. The molecule has 4 N–H and O–H groups in total. The number of anilines is 1. The number of halogens is 2. The van der Waals surface area contributed by atoms with E-state index >= 15 is 0 Å². The number of ether oxygens (including phenoxy) is 1. The molecule has 0 aliphatic carbocycles. The number of aromatic amines is 1. The Morgan fingerprint density at radius 1 is 1.30 bits per heavy atom. The van der Waals surface area contributed by atoms with Gasteiger partial charge in [0.25, 0.3) is 5.91 Å². The molecule has 0 saturated heterocycles. The van der Waals surface area contributed by atoms with Gasteiger partial charge in [0.1, 0.15) is 23.2 Å². The molecule has 0 bridgehead atoms. The molecule has 2 aromatic rings. The molecule has 20 heavy (non-hydrogen) atoms. The van der Waals surface area contributed by atoms with E-state index in [2.05, 4.69) is 10.3 Å². The highest BCUT2D eigenvalue weighted by molar-refractivity contribution is 6.41. The summed E-state index contributed by atoms with van der Waals surface area (Å²) in [7, 11) is 0. The first-order valence-electron chi connectivity index (χ1n) is 5.87. The van der Waals surface area contributed by atoms with Crippen molar-refractivity contribution in [2.24, 2.45) is 0 Å². The van der Waals surface area contributed by atoms with Gasteiger partial charge in [-0.25, -0.2) is 0 Å². The Morgan fingerprint density at radius 3 is 2.60 bits per heavy atom. The van der Waals surface area contributed by atoms with Gasteiger partial charge in [0.2, 0.25) is 0 Å². The molecule has 5 nitrogen and oxygen atoms in total. The maximum Gasteiger partial charge on any atom is 0.267 e. The fourth-order valence-electron chi connectivity index (χ4n) is 1.52. The molecule has 1 aromatic carbocycles. The average molecular weight is 314 g/mol. The highest BCUT2D eigenvalue weighted by atomic mass is 35.5. The summed E-state index contributed by atoms with van der Waals surface area (Å²) in [5.74, 6) is 0.402. The molecular weight excluding hydrogens is 301 g/mol. The van der Waals surface area contributed by atoms with Crippen LogP contribution in [0.25, 0.3) is 0 Å². The van der Waals surface area contributed by atoms with E-state index in [1.165, 1.54) is 6.07 Å². The quantitative estimate of drug-likeness (QED) is 0.586. The lowest BCUT2D eigenvalue weighted by molar-refractivity contribution is 0.0942. The smallest absolute Gasteiger partial charge is 0.267 e. The number of amides is 1. The summed E-state index contributed by atoms with van der Waals surface area (Å²) in [5, 5.41) is 3.24. The number of hydrogen-bond acceptors (Lipinski definition) is 3. The summed E-state index contributed by atoms with van der Waals surface area (Å²) in [4.78, 5) is 14.4. The topological polar surface area (TPSA) is 80.1 Å². The van der Waals surface area contributed by atoms with Gasteiger partial charge in [-0.2, -0.15) is 0 Å². The lowest BCUT2D eigenvalue weighted by Crippen LogP contribution is -2.28. The molecule has 1 heterocycles. The molecule has 0 fully saturated rings. The molecule has 0 radical (unpaired) electrons. The van der Waals surface area contributed by atoms with Crippen molar-refractivity contribution in [2.75, 3.05) is 18.9 Å². The van der Waals surface area contributed by atoms with Gasteiger partial charge in [-0.15, -0.1) is 0 Å². The Labute approximate surface area is 126 Å². The number of aromatic nitrogens is 1. The summed E-state index contributed by atoms with van der Waals surface area (Å²) in [6, 6.07) is 8.50. The number of carbonyl (C=O) groups excluding carboxylic acids is 1. The second-order valence-electron chi connectivity index (χ2n) is 4.02. The SMILES string of the molecule is Nc1ccc(OCCNC(=O)c2cc(Cl)c(Cl)[nH]2)cc1. The zero-order chi connectivity index (χ0) is 14.5. The van der Waals surface area contributed by atoms with Crippen molar-refractivity contribution in [1.82, 2.24) is 10.3 Å². The number of carbonyl (C=O) groups is 1. The van der Waals surface area contributed by atoms with Gasteiger partial charge in [0, 0.05) is 5.69 Å². The zero-order valence-electron chi connectivity index (χ0n) is 10.5. The van der Waals surface area contributed by atoms with Crippen LogP contribution in [0, 0.1) is 0 Å². The monoisotopic (exact) mass is 313 g/mol. The van der Waals surface area contributed by atoms with E-state index in [-0.39, 0.29) is 11.1 Å². The highest BCUT2D eigenvalue weighted by Gasteiger charge is 2.10. The number of benzene rings is 1. The van der Waals surface area contributed by atoms with Crippen molar-refractivity contribution in [2.45, 2.75) is 0 Å². The third-order valence-corrected chi connectivity index (χ3v) is 3.20. The van der Waals surface area contributed by atoms with E-state index < -0.39 is 0 Å². The predicted octanol–water partition coefficient (Wildman–Crippen LogP) is 2.71. The van der Waals surface area contributed by atoms with Crippen LogP contribution in [0.5, 0.6) is 5.75 Å². The molecule has 0 aliphatic heterocycles. The van der Waals surface area contributed by atoms with Crippen LogP contribution in [-0.2, 0) is 0 Å². The first-order chi connectivity index (χ1) is 9.56. The van der Waals surface area contributed by atoms with Crippen LogP contribution in [0.3, 0.4) is 0 Å². The van der Waals surface area contributed by atoms with E-state index in [9.17, 15) is 4.79 Å². The van der Waals surface area contributed by atoms with Crippen LogP contribution in [0.2, 0.25) is 10.2 Å². The van der Waals surface area contributed by atoms with Crippen LogP contribution in [0.1, 0.15) is 10.5 Å². The van der Waals surface area contributed by atoms with E-state index in [1.807, 2.05) is 0 Å². The average Bonchev–Trinajstić information content (AvgIpc) is 2.77. The summed E-state index contributed by atoms with van der Waals surface area (Å²) in [5.41, 5.74) is 6.55. The fourth-order valence-corrected chi connectivity index (χ4v) is 1.83. The van der Waals surface area contributed by atoms with Crippen molar-refractivity contribution in [3.8, 4) is 5.75 Å². The molecular formula is C13H13Cl2N3O2. The normalized spacial score (nSPS) is 10.3. The number of nitrogens with one attached hydrogen (secondary N) is 2. The van der Waals surface area contributed by atoms with Crippen molar-refractivity contribution in [3.05, 3.63) is 46.2 Å². The first kappa shape index (κ1) is 14.6. The summed E-state index contributed by atoms with van der Waals surface area (Å²) >= 11 is 11.5. The van der Waals surface area contributed by atoms with Crippen molar-refractivity contribution < 1.29 is 9.53 Å². The minimum atomic E-state index is -0.292. The van der Waals surface area contributed by atoms with Crippen molar-refractivity contribution >= 4 is 34.8 Å². The van der Waals surface area contributed by atoms with Gasteiger partial charge in [0.15, 0.2) is 0 Å². The molecule has 106 valence electrons. The predicted molar refractivity (Wildman–Crippen MR) is 79.5 cm³/mol. The van der Waals surface area contributed by atoms with Crippen LogP contribution in [0.4, 0.5) is 5.69 Å². The van der Waals surface area contributed by atoms with E-state index in [1.54, 1.807) is 24.3 Å². The largest absolute Gasteiger partial charge is 0.492 e. The van der Waals surface area contributed by atoms with Gasteiger partial charge in [-0.3, -0.25) is 4.79 Å². The van der Waals surface area contributed by atoms with Gasteiger partial charge in [-0.05, 0) is 30.3 Å². The lowest BCUT2D eigenvalue weighted by Gasteiger charge is -2.07. The molecule has 2 rings (SSSR count). The Morgan fingerprint density at radius 2 is 2.00 bits per heavy atom. The highest BCUT2D eigenvalue weighted by Crippen LogP contribution is 2.21. The molecule has 0 unspecified atom stereocenters. The number of hydrogen-bond donors (Lipinski definition) is 3. The molecule has 0 spiro atoms. The first-order valence-corrected chi connectivity index (χ1v) is 6.62. The minimum absolute atomic E-state index is 0.245. The van der Waals surface area contributed by atoms with Crippen molar-refractivity contribution in [3.63, 3.8) is 0 Å². The maximum absolute atomic E-state index is 11.7. The zero-order valence-corrected chi connectivity index (χ0v) is 12.0. The second kappa shape index (κ2) is 6.54. The molecule has 0 saturated carbocycles. The molecule has 7 heteroatoms. The van der Waals surface area contributed by atoms with Crippen LogP contribution in [0.15, 0.2) is 30.3 Å². The number of nitrogen functional groups attached to an aromatic ring is 1. The number of rotatable bonds is 5. The summed E-state index contributed by atoms with van der Waals surface area (Å²) in [6.45, 7) is 0.704. The Bertz CT molecular complexity index is 577. The maximum atomic E-state index is 11.7. The van der Waals surface area contributed by atoms with Gasteiger partial charge in [0.05, 0.1) is 11.6 Å². The van der Waals surface area contributed by atoms with Gasteiger partial charge >= 0.3 is 0 Å². The lowest BCUT2D eigenvalue weighted by atomic mass is 10.3. The standard InChI is InChI=1S/C13H13Cl2N3O2/c14-10-7-11(18-12(10)15)13(19)17-5-6-20-9-3-1-8(16)2-4-9/h1-4,7,18H,5-6,16H2,(H,17,19). The van der Waals surface area contributed by atoms with Gasteiger partial charge in [-0.1, -0.05) is 23.2 Å². The second-order valence-corrected chi connectivity index (χ2v) is 4.80. The number of nitrogens with two attached hydrogens (primary N) is 1. The van der Waals surface area contributed by atoms with E-state index in [4.69, 9.17) is 33.7 Å². The summed E-state index contributed by atoms with van der Waals surface area (Å²) < 4.78 is 5.44. The van der Waals surface area contributed by atoms with Crippen molar-refractivity contribution in [1.29, 1.82) is 0 Å². The Balaban J connectivity index is 1.75. The van der Waals surface area contributed by atoms with Crippen LogP contribution in [-0.4, -0.2) is 24.0 Å². The summed E-state index contributed by atoms with van der Waals surface area (Å²) in [6.07, 6.45) is 0. The third kappa shape index (κ3) is 3.82. The molecule has 0 atom stereocenters. The van der Waals surface area contributed by atoms with E-state index in [0.29, 0.717) is 35.3 Å². The van der Waals surface area contributed by atoms with Crippen LogP contribution < -0.4 is 15.8 Å². The number of H-pyrrole nitrogens is 1. The minimum Gasteiger partial charge on any atom is -0.492 e. The van der Waals surface area contributed by atoms with Crippen LogP contribution >= 0.6 is 23.2 Å². The Kier molecular flexibility index (Phi) is 4.76. The fraction of sp³-hybridized carbons (Fsp3) is 0.154. The Hall–Kier alpha value is -1.85. The van der Waals surface area contributed by atoms with Gasteiger partial charge < -0.3 is 20.8 Å². The molecule has 1 aromatic heterocycles. The molecule has 0 aliphatic rings. The third-order valence-electron chi connectivity index (χ3n) is 2.51. The van der Waals surface area contributed by atoms with E-state index in [0.717, 1.165) is 0 Å².